The highest BCUT2D eigenvalue weighted by molar-refractivity contribution is 5.86. The van der Waals surface area contributed by atoms with E-state index in [0.717, 1.165) is 0 Å². The van der Waals surface area contributed by atoms with Gasteiger partial charge in [0.2, 0.25) is 0 Å². The Morgan fingerprint density at radius 3 is 2.47 bits per heavy atom. The Hall–Kier alpha value is -1.31. The molecule has 0 radical (unpaired) electrons. The largest absolute Gasteiger partial charge is 0.268 e. The van der Waals surface area contributed by atoms with Gasteiger partial charge in [-0.3, -0.25) is 4.68 Å². The summed E-state index contributed by atoms with van der Waals surface area (Å²) in [7, 11) is 2.01. The first-order valence-corrected chi connectivity index (χ1v) is 5.33. The Morgan fingerprint density at radius 2 is 1.87 bits per heavy atom. The molecule has 0 N–H and O–H groups in total. The van der Waals surface area contributed by atoms with Gasteiger partial charge >= 0.3 is 0 Å². The Balaban J connectivity index is 2.87. The van der Waals surface area contributed by atoms with Crippen LogP contribution in [0.15, 0.2) is 18.3 Å². The molecule has 2 heteroatoms. The van der Waals surface area contributed by atoms with Crippen LogP contribution in [0.25, 0.3) is 10.9 Å². The second-order valence-electron chi connectivity index (χ2n) is 5.21. The number of aryl methyl sites for hydroxylation is 2. The van der Waals surface area contributed by atoms with Crippen LogP contribution in [0, 0.1) is 6.92 Å². The van der Waals surface area contributed by atoms with Crippen LogP contribution in [0.2, 0.25) is 0 Å². The third-order valence-corrected chi connectivity index (χ3v) is 2.93. The van der Waals surface area contributed by atoms with E-state index in [2.05, 4.69) is 44.9 Å². The monoisotopic (exact) mass is 202 g/mol. The van der Waals surface area contributed by atoms with Gasteiger partial charge < -0.3 is 0 Å². The SMILES string of the molecule is Cc1ccc(C(C)(C)C)c2c1cnn2C. The minimum atomic E-state index is 0.166. The maximum atomic E-state index is 4.35. The van der Waals surface area contributed by atoms with Crippen molar-refractivity contribution in [3.05, 3.63) is 29.5 Å². The van der Waals surface area contributed by atoms with E-state index in [0.29, 0.717) is 0 Å². The molecule has 0 bridgehead atoms. The summed E-state index contributed by atoms with van der Waals surface area (Å²) in [4.78, 5) is 0. The first-order chi connectivity index (χ1) is 6.91. The lowest BCUT2D eigenvalue weighted by molar-refractivity contribution is 0.590. The summed E-state index contributed by atoms with van der Waals surface area (Å²) in [5.41, 5.74) is 4.09. The first kappa shape index (κ1) is 10.2. The van der Waals surface area contributed by atoms with Crippen molar-refractivity contribution in [3.63, 3.8) is 0 Å². The fourth-order valence-corrected chi connectivity index (χ4v) is 2.03. The highest BCUT2D eigenvalue weighted by Crippen LogP contribution is 2.31. The second-order valence-corrected chi connectivity index (χ2v) is 5.21. The van der Waals surface area contributed by atoms with Gasteiger partial charge in [-0.15, -0.1) is 0 Å². The fourth-order valence-electron chi connectivity index (χ4n) is 2.03. The summed E-state index contributed by atoms with van der Waals surface area (Å²) in [5.74, 6) is 0. The molecule has 0 saturated heterocycles. The number of benzene rings is 1. The van der Waals surface area contributed by atoms with Crippen LogP contribution in [0.5, 0.6) is 0 Å². The normalized spacial score (nSPS) is 12.3. The summed E-state index contributed by atoms with van der Waals surface area (Å²) in [6.07, 6.45) is 1.96. The van der Waals surface area contributed by atoms with Crippen LogP contribution in [0.3, 0.4) is 0 Å². The van der Waals surface area contributed by atoms with Gasteiger partial charge in [-0.25, -0.2) is 0 Å². The van der Waals surface area contributed by atoms with Gasteiger partial charge in [-0.1, -0.05) is 32.9 Å². The molecule has 0 amide bonds. The zero-order valence-corrected chi connectivity index (χ0v) is 10.1. The number of hydrogen-bond donors (Lipinski definition) is 0. The lowest BCUT2D eigenvalue weighted by atomic mass is 9.85. The van der Waals surface area contributed by atoms with Crippen molar-refractivity contribution in [3.8, 4) is 0 Å². The number of rotatable bonds is 0. The Labute approximate surface area is 90.9 Å². The maximum absolute atomic E-state index is 4.35. The summed E-state index contributed by atoms with van der Waals surface area (Å²) < 4.78 is 1.98. The van der Waals surface area contributed by atoms with Gasteiger partial charge in [0.05, 0.1) is 11.7 Å². The zero-order valence-electron chi connectivity index (χ0n) is 10.1. The van der Waals surface area contributed by atoms with E-state index in [9.17, 15) is 0 Å². The molecule has 0 saturated carbocycles. The van der Waals surface area contributed by atoms with Crippen LogP contribution in [0.1, 0.15) is 31.9 Å². The second kappa shape index (κ2) is 3.09. The molecule has 0 aliphatic carbocycles. The van der Waals surface area contributed by atoms with Gasteiger partial charge in [0.1, 0.15) is 0 Å². The molecule has 0 aliphatic heterocycles. The molecule has 0 atom stereocenters. The molecule has 80 valence electrons. The fraction of sp³-hybridized carbons (Fsp3) is 0.462. The summed E-state index contributed by atoms with van der Waals surface area (Å²) in [5, 5.41) is 5.62. The molecule has 0 spiro atoms. The number of nitrogens with zero attached hydrogens (tertiary/aromatic N) is 2. The third-order valence-electron chi connectivity index (χ3n) is 2.93. The zero-order chi connectivity index (χ0) is 11.2. The highest BCUT2D eigenvalue weighted by Gasteiger charge is 2.19. The quantitative estimate of drug-likeness (QED) is 0.641. The molecular formula is C13H18N2. The van der Waals surface area contributed by atoms with E-state index in [1.165, 1.54) is 22.0 Å². The molecule has 2 nitrogen and oxygen atoms in total. The van der Waals surface area contributed by atoms with Crippen molar-refractivity contribution in [2.45, 2.75) is 33.1 Å². The lowest BCUT2D eigenvalue weighted by Gasteiger charge is -2.21. The lowest BCUT2D eigenvalue weighted by Crippen LogP contribution is -2.13. The highest BCUT2D eigenvalue weighted by atomic mass is 15.2. The van der Waals surface area contributed by atoms with Gasteiger partial charge in [0.25, 0.3) is 0 Å². The Bertz CT molecular complexity index is 501. The van der Waals surface area contributed by atoms with E-state index in [4.69, 9.17) is 0 Å². The number of aromatic nitrogens is 2. The average Bonchev–Trinajstić information content (AvgIpc) is 2.48. The Kier molecular flexibility index (Phi) is 2.10. The van der Waals surface area contributed by atoms with Crippen molar-refractivity contribution in [1.82, 2.24) is 9.78 Å². The third kappa shape index (κ3) is 1.54. The molecule has 1 heterocycles. The van der Waals surface area contributed by atoms with Gasteiger partial charge in [0.15, 0.2) is 0 Å². The minimum Gasteiger partial charge on any atom is -0.268 e. The molecule has 0 unspecified atom stereocenters. The van der Waals surface area contributed by atoms with E-state index in [1.54, 1.807) is 0 Å². The van der Waals surface area contributed by atoms with Gasteiger partial charge in [-0.2, -0.15) is 5.10 Å². The van der Waals surface area contributed by atoms with Crippen LogP contribution in [-0.4, -0.2) is 9.78 Å². The molecule has 2 rings (SSSR count). The van der Waals surface area contributed by atoms with Crippen molar-refractivity contribution in [2.24, 2.45) is 7.05 Å². The number of fused-ring (bicyclic) bond motifs is 1. The molecule has 0 fully saturated rings. The van der Waals surface area contributed by atoms with Gasteiger partial charge in [-0.05, 0) is 23.5 Å². The molecule has 15 heavy (non-hydrogen) atoms. The standard InChI is InChI=1S/C13H18N2/c1-9-6-7-11(13(2,3)4)12-10(9)8-14-15(12)5/h6-8H,1-5H3. The first-order valence-electron chi connectivity index (χ1n) is 5.33. The van der Waals surface area contributed by atoms with Crippen LogP contribution in [0.4, 0.5) is 0 Å². The van der Waals surface area contributed by atoms with E-state index < -0.39 is 0 Å². The molecule has 2 aromatic rings. The Morgan fingerprint density at radius 1 is 1.20 bits per heavy atom. The van der Waals surface area contributed by atoms with Crippen molar-refractivity contribution in [1.29, 1.82) is 0 Å². The van der Waals surface area contributed by atoms with Crippen LogP contribution >= 0.6 is 0 Å². The van der Waals surface area contributed by atoms with Crippen LogP contribution in [-0.2, 0) is 12.5 Å². The summed E-state index contributed by atoms with van der Waals surface area (Å²) in [6.45, 7) is 8.86. The molecule has 0 aliphatic rings. The van der Waals surface area contributed by atoms with E-state index in [-0.39, 0.29) is 5.41 Å². The topological polar surface area (TPSA) is 17.8 Å². The predicted octanol–water partition coefficient (Wildman–Crippen LogP) is 3.18. The minimum absolute atomic E-state index is 0.166. The molecule has 1 aromatic carbocycles. The predicted molar refractivity (Wildman–Crippen MR) is 64.2 cm³/mol. The van der Waals surface area contributed by atoms with Gasteiger partial charge in [0, 0.05) is 12.4 Å². The average molecular weight is 202 g/mol. The summed E-state index contributed by atoms with van der Waals surface area (Å²) in [6, 6.07) is 4.41. The van der Waals surface area contributed by atoms with E-state index in [1.807, 2.05) is 17.9 Å². The van der Waals surface area contributed by atoms with Crippen molar-refractivity contribution < 1.29 is 0 Å². The van der Waals surface area contributed by atoms with E-state index >= 15 is 0 Å². The number of hydrogen-bond acceptors (Lipinski definition) is 1. The summed E-state index contributed by atoms with van der Waals surface area (Å²) >= 11 is 0. The maximum Gasteiger partial charge on any atom is 0.0719 e. The smallest absolute Gasteiger partial charge is 0.0719 e. The molecule has 1 aromatic heterocycles. The van der Waals surface area contributed by atoms with Crippen molar-refractivity contribution >= 4 is 10.9 Å². The van der Waals surface area contributed by atoms with Crippen molar-refractivity contribution in [2.75, 3.05) is 0 Å². The van der Waals surface area contributed by atoms with Crippen LogP contribution < -0.4 is 0 Å². The molecular weight excluding hydrogens is 184 g/mol.